The second-order valence-corrected chi connectivity index (χ2v) is 6.53. The monoisotopic (exact) mass is 289 g/mol. The van der Waals surface area contributed by atoms with Gasteiger partial charge in [0.25, 0.3) is 5.69 Å². The van der Waals surface area contributed by atoms with Crippen molar-refractivity contribution in [2.45, 2.75) is 44.7 Å². The fourth-order valence-corrected chi connectivity index (χ4v) is 3.90. The van der Waals surface area contributed by atoms with E-state index in [1.165, 1.54) is 25.7 Å². The molecule has 0 saturated carbocycles. The molecule has 2 heterocycles. The zero-order valence-electron chi connectivity index (χ0n) is 12.7. The van der Waals surface area contributed by atoms with Crippen LogP contribution in [-0.2, 0) is 0 Å². The number of nitro groups is 1. The Kier molecular flexibility index (Phi) is 3.85. The molecule has 1 aromatic carbocycles. The second kappa shape index (κ2) is 5.64. The summed E-state index contributed by atoms with van der Waals surface area (Å²) in [5.41, 5.74) is 2.13. The molecule has 2 aliphatic heterocycles. The summed E-state index contributed by atoms with van der Waals surface area (Å²) in [6.45, 7) is 2.90. The second-order valence-electron chi connectivity index (χ2n) is 6.53. The zero-order valence-corrected chi connectivity index (χ0v) is 12.7. The van der Waals surface area contributed by atoms with Gasteiger partial charge in [-0.1, -0.05) is 0 Å². The molecule has 2 bridgehead atoms. The molecule has 0 aromatic heterocycles. The Balaban J connectivity index is 1.60. The first-order chi connectivity index (χ1) is 10.0. The molecule has 114 valence electrons. The van der Waals surface area contributed by atoms with Crippen molar-refractivity contribution < 1.29 is 4.92 Å². The third kappa shape index (κ3) is 2.88. The molecule has 2 aliphatic rings. The SMILES string of the molecule is Cc1cc([N+](=O)[O-])ccc1NCC1CC2CCC(C1)N2C. The summed E-state index contributed by atoms with van der Waals surface area (Å²) in [4.78, 5) is 13.0. The summed E-state index contributed by atoms with van der Waals surface area (Å²) < 4.78 is 0. The number of aryl methyl sites for hydroxylation is 1. The number of rotatable bonds is 4. The lowest BCUT2D eigenvalue weighted by Gasteiger charge is -2.36. The standard InChI is InChI=1S/C16H23N3O2/c1-11-7-15(19(20)21)5-6-16(11)17-10-12-8-13-3-4-14(9-12)18(13)2/h5-7,12-14,17H,3-4,8-10H2,1-2H3. The number of nitrogens with one attached hydrogen (secondary N) is 1. The smallest absolute Gasteiger partial charge is 0.269 e. The minimum absolute atomic E-state index is 0.162. The molecule has 5 heteroatoms. The molecule has 0 aliphatic carbocycles. The van der Waals surface area contributed by atoms with Crippen LogP contribution in [0.3, 0.4) is 0 Å². The van der Waals surface area contributed by atoms with Gasteiger partial charge in [-0.05, 0) is 57.2 Å². The molecule has 0 radical (unpaired) electrons. The molecule has 5 nitrogen and oxygen atoms in total. The highest BCUT2D eigenvalue weighted by atomic mass is 16.6. The van der Waals surface area contributed by atoms with E-state index < -0.39 is 0 Å². The van der Waals surface area contributed by atoms with Crippen molar-refractivity contribution in [2.24, 2.45) is 5.92 Å². The van der Waals surface area contributed by atoms with E-state index >= 15 is 0 Å². The van der Waals surface area contributed by atoms with Gasteiger partial charge < -0.3 is 10.2 Å². The van der Waals surface area contributed by atoms with Crippen LogP contribution in [0.2, 0.25) is 0 Å². The van der Waals surface area contributed by atoms with Gasteiger partial charge in [0.15, 0.2) is 0 Å². The summed E-state index contributed by atoms with van der Waals surface area (Å²) in [5, 5.41) is 14.3. The van der Waals surface area contributed by atoms with E-state index in [1.807, 2.05) is 13.0 Å². The average Bonchev–Trinajstić information content (AvgIpc) is 2.68. The molecule has 0 spiro atoms. The maximum Gasteiger partial charge on any atom is 0.269 e. The molecule has 2 atom stereocenters. The third-order valence-corrected chi connectivity index (χ3v) is 5.20. The lowest BCUT2D eigenvalue weighted by molar-refractivity contribution is -0.384. The van der Waals surface area contributed by atoms with Crippen LogP contribution in [0.25, 0.3) is 0 Å². The van der Waals surface area contributed by atoms with Crippen molar-refractivity contribution in [2.75, 3.05) is 18.9 Å². The minimum atomic E-state index is -0.342. The Labute approximate surface area is 125 Å². The number of non-ortho nitro benzene ring substituents is 1. The summed E-state index contributed by atoms with van der Waals surface area (Å²) in [6.07, 6.45) is 5.22. The van der Waals surface area contributed by atoms with Gasteiger partial charge in [0.05, 0.1) is 4.92 Å². The fourth-order valence-electron chi connectivity index (χ4n) is 3.90. The van der Waals surface area contributed by atoms with Crippen LogP contribution < -0.4 is 5.32 Å². The highest BCUT2D eigenvalue weighted by Crippen LogP contribution is 2.37. The molecule has 1 N–H and O–H groups in total. The normalized spacial score (nSPS) is 28.6. The predicted molar refractivity (Wildman–Crippen MR) is 83.6 cm³/mol. The largest absolute Gasteiger partial charge is 0.385 e. The number of hydrogen-bond donors (Lipinski definition) is 1. The van der Waals surface area contributed by atoms with Crippen LogP contribution in [0.15, 0.2) is 18.2 Å². The van der Waals surface area contributed by atoms with Gasteiger partial charge in [-0.3, -0.25) is 10.1 Å². The van der Waals surface area contributed by atoms with E-state index in [1.54, 1.807) is 12.1 Å². The fraction of sp³-hybridized carbons (Fsp3) is 0.625. The lowest BCUT2D eigenvalue weighted by Crippen LogP contribution is -2.41. The Morgan fingerprint density at radius 2 is 2.00 bits per heavy atom. The van der Waals surface area contributed by atoms with Crippen LogP contribution >= 0.6 is 0 Å². The zero-order chi connectivity index (χ0) is 15.0. The molecule has 21 heavy (non-hydrogen) atoms. The maximum atomic E-state index is 10.8. The summed E-state index contributed by atoms with van der Waals surface area (Å²) in [7, 11) is 2.26. The predicted octanol–water partition coefficient (Wildman–Crippen LogP) is 3.19. The highest BCUT2D eigenvalue weighted by Gasteiger charge is 2.38. The Bertz CT molecular complexity index is 532. The first kappa shape index (κ1) is 14.3. The summed E-state index contributed by atoms with van der Waals surface area (Å²) in [5.74, 6) is 0.716. The van der Waals surface area contributed by atoms with Crippen molar-refractivity contribution in [3.05, 3.63) is 33.9 Å². The van der Waals surface area contributed by atoms with E-state index in [0.717, 1.165) is 29.9 Å². The first-order valence-corrected chi connectivity index (χ1v) is 7.75. The quantitative estimate of drug-likeness (QED) is 0.683. The Hall–Kier alpha value is -1.62. The minimum Gasteiger partial charge on any atom is -0.385 e. The number of anilines is 1. The van der Waals surface area contributed by atoms with Gasteiger partial charge in [0.2, 0.25) is 0 Å². The van der Waals surface area contributed by atoms with Crippen LogP contribution in [-0.4, -0.2) is 35.5 Å². The van der Waals surface area contributed by atoms with Crippen LogP contribution in [0.4, 0.5) is 11.4 Å². The van der Waals surface area contributed by atoms with Crippen molar-refractivity contribution in [1.29, 1.82) is 0 Å². The van der Waals surface area contributed by atoms with Gasteiger partial charge >= 0.3 is 0 Å². The molecule has 2 saturated heterocycles. The third-order valence-electron chi connectivity index (χ3n) is 5.20. The molecular formula is C16H23N3O2. The van der Waals surface area contributed by atoms with E-state index in [-0.39, 0.29) is 10.6 Å². The van der Waals surface area contributed by atoms with Gasteiger partial charge in [0, 0.05) is 36.4 Å². The Morgan fingerprint density at radius 3 is 2.57 bits per heavy atom. The van der Waals surface area contributed by atoms with Crippen molar-refractivity contribution in [3.8, 4) is 0 Å². The number of benzene rings is 1. The van der Waals surface area contributed by atoms with E-state index in [0.29, 0.717) is 5.92 Å². The highest BCUT2D eigenvalue weighted by molar-refractivity contribution is 5.55. The summed E-state index contributed by atoms with van der Waals surface area (Å²) >= 11 is 0. The lowest BCUT2D eigenvalue weighted by atomic mass is 9.91. The number of piperidine rings is 1. The van der Waals surface area contributed by atoms with Crippen LogP contribution in [0.1, 0.15) is 31.2 Å². The maximum absolute atomic E-state index is 10.8. The van der Waals surface area contributed by atoms with Crippen molar-refractivity contribution in [3.63, 3.8) is 0 Å². The van der Waals surface area contributed by atoms with Gasteiger partial charge in [-0.25, -0.2) is 0 Å². The molecule has 2 unspecified atom stereocenters. The molecular weight excluding hydrogens is 266 g/mol. The Morgan fingerprint density at radius 1 is 1.33 bits per heavy atom. The van der Waals surface area contributed by atoms with Crippen molar-refractivity contribution in [1.82, 2.24) is 4.90 Å². The van der Waals surface area contributed by atoms with Gasteiger partial charge in [-0.15, -0.1) is 0 Å². The summed E-state index contributed by atoms with van der Waals surface area (Å²) in [6, 6.07) is 6.56. The number of nitro benzene ring substituents is 1. The van der Waals surface area contributed by atoms with E-state index in [4.69, 9.17) is 0 Å². The van der Waals surface area contributed by atoms with Gasteiger partial charge in [0.1, 0.15) is 0 Å². The molecule has 2 fully saturated rings. The van der Waals surface area contributed by atoms with Crippen molar-refractivity contribution >= 4 is 11.4 Å². The first-order valence-electron chi connectivity index (χ1n) is 7.75. The number of nitrogens with zero attached hydrogens (tertiary/aromatic N) is 2. The molecule has 3 rings (SSSR count). The van der Waals surface area contributed by atoms with E-state index in [9.17, 15) is 10.1 Å². The number of hydrogen-bond acceptors (Lipinski definition) is 4. The topological polar surface area (TPSA) is 58.4 Å². The van der Waals surface area contributed by atoms with Crippen LogP contribution in [0.5, 0.6) is 0 Å². The molecule has 0 amide bonds. The molecule has 1 aromatic rings. The van der Waals surface area contributed by atoms with Gasteiger partial charge in [-0.2, -0.15) is 0 Å². The number of fused-ring (bicyclic) bond motifs is 2. The van der Waals surface area contributed by atoms with E-state index in [2.05, 4.69) is 17.3 Å². The average molecular weight is 289 g/mol. The van der Waals surface area contributed by atoms with Crippen LogP contribution in [0, 0.1) is 23.0 Å².